The van der Waals surface area contributed by atoms with Crippen LogP contribution in [0.3, 0.4) is 0 Å². The Hall–Kier alpha value is 0.0649. The minimum absolute atomic E-state index is 0.465. The van der Waals surface area contributed by atoms with Crippen LogP contribution in [0.5, 0.6) is 0 Å². The van der Waals surface area contributed by atoms with Gasteiger partial charge >= 0.3 is 0 Å². The van der Waals surface area contributed by atoms with Gasteiger partial charge in [-0.3, -0.25) is 0 Å². The zero-order chi connectivity index (χ0) is 9.99. The average molecular weight is 168 g/mol. The third-order valence-corrected chi connectivity index (χ3v) is 2.93. The molecule has 0 rings (SSSR count). The zero-order valence-electron chi connectivity index (χ0n) is 9.99. The van der Waals surface area contributed by atoms with Gasteiger partial charge in [0.2, 0.25) is 0 Å². The van der Waals surface area contributed by atoms with Gasteiger partial charge < -0.3 is 0 Å². The number of hydrogen-bond acceptors (Lipinski definition) is 0. The van der Waals surface area contributed by atoms with Gasteiger partial charge in [-0.25, -0.2) is 0 Å². The summed E-state index contributed by atoms with van der Waals surface area (Å²) in [6.45, 7) is 16.4. The first-order valence-electron chi connectivity index (χ1n) is 5.19. The third kappa shape index (κ3) is 4.18. The predicted octanol–water partition coefficient (Wildman–Crippen LogP) is 3.89. The van der Waals surface area contributed by atoms with E-state index >= 15 is 0 Å². The highest BCUT2D eigenvalue weighted by Crippen LogP contribution is 2.42. The topological polar surface area (TPSA) is 0 Å². The van der Waals surface area contributed by atoms with Gasteiger partial charge in [-0.15, -0.1) is 0 Å². The van der Waals surface area contributed by atoms with Gasteiger partial charge in [0.15, 0.2) is 0 Å². The van der Waals surface area contributed by atoms with Crippen molar-refractivity contribution in [2.24, 2.45) is 5.92 Å². The summed E-state index contributed by atoms with van der Waals surface area (Å²) in [6.07, 6.45) is 1.29. The summed E-state index contributed by atoms with van der Waals surface area (Å²) in [4.78, 5) is 0. The van der Waals surface area contributed by atoms with Crippen molar-refractivity contribution in [1.29, 1.82) is 0 Å². The van der Waals surface area contributed by atoms with Gasteiger partial charge in [-0.2, -0.15) is 0 Å². The van der Waals surface area contributed by atoms with E-state index in [1.54, 1.807) is 0 Å². The van der Waals surface area contributed by atoms with Gasteiger partial charge in [-0.05, 0) is 5.92 Å². The molecule has 0 saturated carbocycles. The van der Waals surface area contributed by atoms with E-state index in [9.17, 15) is 0 Å². The van der Waals surface area contributed by atoms with Crippen molar-refractivity contribution in [1.82, 2.24) is 0 Å². The molecule has 0 amide bonds. The Morgan fingerprint density at radius 2 is 1.50 bits per heavy atom. The Balaban J connectivity index is 4.22. The molecule has 0 fully saturated rings. The average Bonchev–Trinajstić information content (AvgIpc) is 1.80. The molecule has 0 radical (unpaired) electrons. The van der Waals surface area contributed by atoms with Gasteiger partial charge in [0.05, 0.1) is 0 Å². The van der Waals surface area contributed by atoms with Crippen LogP contribution in [0.1, 0.15) is 54.9 Å². The van der Waals surface area contributed by atoms with Gasteiger partial charge in [0, 0.05) is 0 Å². The highest BCUT2D eigenvalue weighted by Gasteiger charge is 2.31. The second-order valence-corrected chi connectivity index (χ2v) is 6.04. The lowest BCUT2D eigenvalue weighted by molar-refractivity contribution is 0.413. The van der Waals surface area contributed by atoms with Crippen molar-refractivity contribution in [2.45, 2.75) is 65.5 Å². The summed E-state index contributed by atoms with van der Waals surface area (Å²) >= 11 is 0. The highest BCUT2D eigenvalue weighted by molar-refractivity contribution is 6.43. The number of hydrogen-bond donors (Lipinski definition) is 0. The van der Waals surface area contributed by atoms with Crippen LogP contribution in [-0.2, 0) is 0 Å². The minimum atomic E-state index is 0.465. The van der Waals surface area contributed by atoms with Crippen molar-refractivity contribution in [2.75, 3.05) is 0 Å². The van der Waals surface area contributed by atoms with E-state index in [0.29, 0.717) is 10.6 Å². The quantitative estimate of drug-likeness (QED) is 0.561. The van der Waals surface area contributed by atoms with Gasteiger partial charge in [0.1, 0.15) is 7.28 Å². The maximum atomic E-state index is 2.40. The molecule has 0 N–H and O–H groups in total. The van der Waals surface area contributed by atoms with Crippen molar-refractivity contribution in [3.63, 3.8) is 0 Å². The molecule has 0 aliphatic heterocycles. The minimum Gasteiger partial charge on any atom is -0.0671 e. The monoisotopic (exact) mass is 168 g/mol. The van der Waals surface area contributed by atoms with E-state index in [2.05, 4.69) is 48.5 Å². The molecule has 0 aromatic heterocycles. The molecule has 1 heteroatoms. The molecule has 0 aliphatic rings. The van der Waals surface area contributed by atoms with Crippen LogP contribution in [0.15, 0.2) is 0 Å². The van der Waals surface area contributed by atoms with Crippen molar-refractivity contribution < 1.29 is 0 Å². The molecule has 0 aromatic carbocycles. The second-order valence-electron chi connectivity index (χ2n) is 6.04. The zero-order valence-corrected chi connectivity index (χ0v) is 9.99. The smallest absolute Gasteiger partial charge is 0.0671 e. The molecule has 0 nitrogen and oxygen atoms in total. The SMILES string of the molecule is CCC(C)C(C)(C)BC(C)(C)C. The number of rotatable bonds is 3. The molecule has 0 spiro atoms. The lowest BCUT2D eigenvalue weighted by Gasteiger charge is -2.35. The summed E-state index contributed by atoms with van der Waals surface area (Å²) < 4.78 is 0. The fourth-order valence-electron chi connectivity index (χ4n) is 2.09. The summed E-state index contributed by atoms with van der Waals surface area (Å²) in [6, 6.07) is 0. The summed E-state index contributed by atoms with van der Waals surface area (Å²) in [5.74, 6) is 0.830. The first-order chi connectivity index (χ1) is 5.19. The molecule has 0 aliphatic carbocycles. The first kappa shape index (κ1) is 12.1. The Kier molecular flexibility index (Phi) is 3.87. The lowest BCUT2D eigenvalue weighted by Crippen LogP contribution is -2.27. The van der Waals surface area contributed by atoms with Crippen LogP contribution in [-0.4, -0.2) is 7.28 Å². The van der Waals surface area contributed by atoms with Crippen molar-refractivity contribution >= 4 is 7.28 Å². The standard InChI is InChI=1S/C11H25B/c1-8-9(2)11(6,7)12-10(3,4)5/h9,12H,8H2,1-7H3. The Morgan fingerprint density at radius 1 is 1.08 bits per heavy atom. The summed E-state index contributed by atoms with van der Waals surface area (Å²) in [7, 11) is 1.31. The molecule has 0 heterocycles. The Labute approximate surface area is 79.4 Å². The van der Waals surface area contributed by atoms with E-state index in [1.165, 1.54) is 13.7 Å². The highest BCUT2D eigenvalue weighted by atomic mass is 14.2. The third-order valence-electron chi connectivity index (χ3n) is 2.93. The van der Waals surface area contributed by atoms with Crippen LogP contribution in [0, 0.1) is 5.92 Å². The molecule has 0 saturated heterocycles. The van der Waals surface area contributed by atoms with Crippen molar-refractivity contribution in [3.05, 3.63) is 0 Å². The van der Waals surface area contributed by atoms with E-state index < -0.39 is 0 Å². The van der Waals surface area contributed by atoms with Crippen LogP contribution < -0.4 is 0 Å². The molecular weight excluding hydrogens is 143 g/mol. The maximum absolute atomic E-state index is 2.40. The van der Waals surface area contributed by atoms with E-state index in [4.69, 9.17) is 0 Å². The normalized spacial score (nSPS) is 15.9. The molecule has 1 unspecified atom stereocenters. The molecule has 12 heavy (non-hydrogen) atoms. The first-order valence-corrected chi connectivity index (χ1v) is 5.19. The van der Waals surface area contributed by atoms with Crippen molar-refractivity contribution in [3.8, 4) is 0 Å². The van der Waals surface area contributed by atoms with Crippen LogP contribution in [0.2, 0.25) is 10.6 Å². The lowest BCUT2D eigenvalue weighted by atomic mass is 9.38. The maximum Gasteiger partial charge on any atom is 0.134 e. The molecular formula is C11H25B. The van der Waals surface area contributed by atoms with Crippen LogP contribution in [0.4, 0.5) is 0 Å². The van der Waals surface area contributed by atoms with E-state index in [1.807, 2.05) is 0 Å². The Morgan fingerprint density at radius 3 is 1.75 bits per heavy atom. The van der Waals surface area contributed by atoms with E-state index in [0.717, 1.165) is 5.92 Å². The van der Waals surface area contributed by atoms with Gasteiger partial charge in [-0.1, -0.05) is 65.5 Å². The predicted molar refractivity (Wildman–Crippen MR) is 60.4 cm³/mol. The Bertz CT molecular complexity index is 130. The van der Waals surface area contributed by atoms with Gasteiger partial charge in [0.25, 0.3) is 0 Å². The molecule has 72 valence electrons. The second kappa shape index (κ2) is 3.85. The van der Waals surface area contributed by atoms with Crippen LogP contribution in [0.25, 0.3) is 0 Å². The summed E-state index contributed by atoms with van der Waals surface area (Å²) in [5, 5.41) is 0.958. The molecule has 1 atom stereocenters. The fourth-order valence-corrected chi connectivity index (χ4v) is 2.09. The van der Waals surface area contributed by atoms with E-state index in [-0.39, 0.29) is 0 Å². The molecule has 0 bridgehead atoms. The largest absolute Gasteiger partial charge is 0.134 e. The van der Waals surface area contributed by atoms with Crippen LogP contribution >= 0.6 is 0 Å². The molecule has 0 aromatic rings. The fraction of sp³-hybridized carbons (Fsp3) is 1.00. The summed E-state index contributed by atoms with van der Waals surface area (Å²) in [5.41, 5.74) is 0.